The fourth-order valence-electron chi connectivity index (χ4n) is 3.37. The molecule has 1 aliphatic heterocycles. The molecule has 1 saturated carbocycles. The molecule has 0 bridgehead atoms. The van der Waals surface area contributed by atoms with Crippen LogP contribution in [0.15, 0.2) is 30.3 Å². The molecule has 4 nitrogen and oxygen atoms in total. The Labute approximate surface area is 139 Å². The molecular weight excluding hydrogens is 298 g/mol. The Balaban J connectivity index is 0.00000176. The lowest BCUT2D eigenvalue weighted by Crippen LogP contribution is -2.51. The third-order valence-corrected chi connectivity index (χ3v) is 4.89. The standard InChI is InChI=1S/C17H25N3O.ClH/c21-16(19-11-14-20-12-9-18-10-13-20)17(7-4-8-17)15-5-2-1-3-6-15;/h1-3,5-6,18H,4,7-14H2,(H,19,21);1H. The SMILES string of the molecule is Cl.O=C(NCCN1CCNCC1)C1(c2ccccc2)CCC1. The molecule has 5 heteroatoms. The topological polar surface area (TPSA) is 44.4 Å². The Morgan fingerprint density at radius 3 is 2.45 bits per heavy atom. The minimum Gasteiger partial charge on any atom is -0.354 e. The molecule has 2 aliphatic rings. The number of carbonyl (C=O) groups is 1. The van der Waals surface area contributed by atoms with Crippen LogP contribution in [-0.4, -0.2) is 50.1 Å². The van der Waals surface area contributed by atoms with Crippen LogP contribution in [0.1, 0.15) is 24.8 Å². The Morgan fingerprint density at radius 1 is 1.18 bits per heavy atom. The molecule has 1 heterocycles. The fourth-order valence-corrected chi connectivity index (χ4v) is 3.37. The monoisotopic (exact) mass is 323 g/mol. The lowest BCUT2D eigenvalue weighted by molar-refractivity contribution is -0.130. The number of halogens is 1. The molecule has 0 atom stereocenters. The number of carbonyl (C=O) groups excluding carboxylic acids is 1. The molecule has 0 radical (unpaired) electrons. The van der Waals surface area contributed by atoms with Crippen molar-refractivity contribution < 1.29 is 4.79 Å². The largest absolute Gasteiger partial charge is 0.354 e. The third kappa shape index (κ3) is 3.62. The molecular formula is C17H26ClN3O. The molecule has 0 unspecified atom stereocenters. The van der Waals surface area contributed by atoms with E-state index in [0.29, 0.717) is 0 Å². The van der Waals surface area contributed by atoms with E-state index in [1.54, 1.807) is 0 Å². The van der Waals surface area contributed by atoms with Gasteiger partial charge < -0.3 is 10.6 Å². The second-order valence-electron chi connectivity index (χ2n) is 6.15. The molecule has 3 rings (SSSR count). The molecule has 1 aromatic carbocycles. The summed E-state index contributed by atoms with van der Waals surface area (Å²) < 4.78 is 0. The van der Waals surface area contributed by atoms with Gasteiger partial charge in [0, 0.05) is 39.3 Å². The first-order chi connectivity index (χ1) is 10.3. The molecule has 0 aromatic heterocycles. The quantitative estimate of drug-likeness (QED) is 0.864. The zero-order chi connectivity index (χ0) is 14.5. The van der Waals surface area contributed by atoms with Crippen LogP contribution in [0, 0.1) is 0 Å². The zero-order valence-electron chi connectivity index (χ0n) is 13.0. The highest BCUT2D eigenvalue weighted by molar-refractivity contribution is 5.89. The zero-order valence-corrected chi connectivity index (χ0v) is 13.8. The summed E-state index contributed by atoms with van der Waals surface area (Å²) in [5.74, 6) is 0.218. The summed E-state index contributed by atoms with van der Waals surface area (Å²) >= 11 is 0. The molecule has 122 valence electrons. The van der Waals surface area contributed by atoms with Gasteiger partial charge >= 0.3 is 0 Å². The summed E-state index contributed by atoms with van der Waals surface area (Å²) in [4.78, 5) is 15.1. The van der Waals surface area contributed by atoms with Gasteiger partial charge in [0.15, 0.2) is 0 Å². The number of benzene rings is 1. The van der Waals surface area contributed by atoms with Crippen LogP contribution in [0.4, 0.5) is 0 Å². The van der Waals surface area contributed by atoms with Gasteiger partial charge in [0.25, 0.3) is 0 Å². The van der Waals surface area contributed by atoms with Crippen molar-refractivity contribution in [3.63, 3.8) is 0 Å². The molecule has 1 saturated heterocycles. The summed E-state index contributed by atoms with van der Waals surface area (Å²) in [6, 6.07) is 10.3. The van der Waals surface area contributed by atoms with E-state index in [9.17, 15) is 4.79 Å². The predicted octanol–water partition coefficient (Wildman–Crippen LogP) is 1.55. The maximum Gasteiger partial charge on any atom is 0.230 e. The van der Waals surface area contributed by atoms with Crippen LogP contribution in [-0.2, 0) is 10.2 Å². The normalized spacial score (nSPS) is 20.5. The van der Waals surface area contributed by atoms with Gasteiger partial charge in [-0.05, 0) is 18.4 Å². The highest BCUT2D eigenvalue weighted by Gasteiger charge is 2.45. The van der Waals surface area contributed by atoms with Crippen LogP contribution in [0.5, 0.6) is 0 Å². The Bertz CT molecular complexity index is 470. The number of amides is 1. The van der Waals surface area contributed by atoms with E-state index in [1.165, 1.54) is 5.56 Å². The third-order valence-electron chi connectivity index (χ3n) is 4.89. The maximum absolute atomic E-state index is 12.6. The molecule has 1 aliphatic carbocycles. The highest BCUT2D eigenvalue weighted by Crippen LogP contribution is 2.43. The van der Waals surface area contributed by atoms with E-state index in [4.69, 9.17) is 0 Å². The number of hydrogen-bond donors (Lipinski definition) is 2. The van der Waals surface area contributed by atoms with Gasteiger partial charge in [0.1, 0.15) is 0 Å². The maximum atomic E-state index is 12.6. The summed E-state index contributed by atoms with van der Waals surface area (Å²) in [5, 5.41) is 6.52. The lowest BCUT2D eigenvalue weighted by atomic mass is 9.64. The van der Waals surface area contributed by atoms with E-state index >= 15 is 0 Å². The van der Waals surface area contributed by atoms with Gasteiger partial charge in [-0.25, -0.2) is 0 Å². The number of hydrogen-bond acceptors (Lipinski definition) is 3. The average Bonchev–Trinajstić information content (AvgIpc) is 2.48. The van der Waals surface area contributed by atoms with Crippen molar-refractivity contribution in [2.75, 3.05) is 39.3 Å². The van der Waals surface area contributed by atoms with Gasteiger partial charge in [0.2, 0.25) is 5.91 Å². The summed E-state index contributed by atoms with van der Waals surface area (Å²) in [5.41, 5.74) is 0.918. The lowest BCUT2D eigenvalue weighted by Gasteiger charge is -2.41. The van der Waals surface area contributed by atoms with E-state index in [0.717, 1.165) is 58.5 Å². The van der Waals surface area contributed by atoms with Crippen molar-refractivity contribution in [1.82, 2.24) is 15.5 Å². The van der Waals surface area contributed by atoms with Crippen LogP contribution in [0.25, 0.3) is 0 Å². The molecule has 1 amide bonds. The predicted molar refractivity (Wildman–Crippen MR) is 91.5 cm³/mol. The number of rotatable bonds is 5. The second-order valence-corrected chi connectivity index (χ2v) is 6.15. The Morgan fingerprint density at radius 2 is 1.86 bits per heavy atom. The number of nitrogens with one attached hydrogen (secondary N) is 2. The van der Waals surface area contributed by atoms with Crippen molar-refractivity contribution in [2.45, 2.75) is 24.7 Å². The van der Waals surface area contributed by atoms with Crippen molar-refractivity contribution in [2.24, 2.45) is 0 Å². The molecule has 2 fully saturated rings. The van der Waals surface area contributed by atoms with E-state index in [2.05, 4.69) is 27.7 Å². The minimum atomic E-state index is -0.259. The van der Waals surface area contributed by atoms with E-state index in [-0.39, 0.29) is 23.7 Å². The second kappa shape index (κ2) is 7.95. The summed E-state index contributed by atoms with van der Waals surface area (Å²) in [6.07, 6.45) is 3.12. The van der Waals surface area contributed by atoms with Crippen LogP contribution < -0.4 is 10.6 Å². The number of piperazine rings is 1. The molecule has 1 aromatic rings. The van der Waals surface area contributed by atoms with Crippen molar-refractivity contribution in [3.8, 4) is 0 Å². The Kier molecular flexibility index (Phi) is 6.24. The smallest absolute Gasteiger partial charge is 0.230 e. The van der Waals surface area contributed by atoms with Gasteiger partial charge in [-0.2, -0.15) is 0 Å². The van der Waals surface area contributed by atoms with Crippen LogP contribution in [0.2, 0.25) is 0 Å². The minimum absolute atomic E-state index is 0. The average molecular weight is 324 g/mol. The summed E-state index contributed by atoms with van der Waals surface area (Å²) in [6.45, 7) is 5.99. The van der Waals surface area contributed by atoms with Crippen molar-refractivity contribution in [1.29, 1.82) is 0 Å². The van der Waals surface area contributed by atoms with Gasteiger partial charge in [-0.15, -0.1) is 12.4 Å². The molecule has 0 spiro atoms. The highest BCUT2D eigenvalue weighted by atomic mass is 35.5. The molecule has 22 heavy (non-hydrogen) atoms. The first kappa shape index (κ1) is 17.3. The molecule has 2 N–H and O–H groups in total. The summed E-state index contributed by atoms with van der Waals surface area (Å²) in [7, 11) is 0. The van der Waals surface area contributed by atoms with Crippen LogP contribution in [0.3, 0.4) is 0 Å². The van der Waals surface area contributed by atoms with E-state index in [1.807, 2.05) is 18.2 Å². The van der Waals surface area contributed by atoms with Gasteiger partial charge in [0.05, 0.1) is 5.41 Å². The first-order valence-electron chi connectivity index (χ1n) is 8.08. The van der Waals surface area contributed by atoms with Gasteiger partial charge in [-0.1, -0.05) is 36.8 Å². The Hall–Kier alpha value is -1.10. The van der Waals surface area contributed by atoms with Gasteiger partial charge in [-0.3, -0.25) is 9.69 Å². The fraction of sp³-hybridized carbons (Fsp3) is 0.588. The number of nitrogens with zero attached hydrogens (tertiary/aromatic N) is 1. The van der Waals surface area contributed by atoms with Crippen molar-refractivity contribution in [3.05, 3.63) is 35.9 Å². The van der Waals surface area contributed by atoms with Crippen LogP contribution >= 0.6 is 12.4 Å². The van der Waals surface area contributed by atoms with Crippen molar-refractivity contribution >= 4 is 18.3 Å². The first-order valence-corrected chi connectivity index (χ1v) is 8.08. The van der Waals surface area contributed by atoms with E-state index < -0.39 is 0 Å².